The summed E-state index contributed by atoms with van der Waals surface area (Å²) in [7, 11) is -1.92. The van der Waals surface area contributed by atoms with Crippen molar-refractivity contribution in [3.8, 4) is 5.75 Å². The Morgan fingerprint density at radius 3 is 2.31 bits per heavy atom. The molecule has 152 valence electrons. The van der Waals surface area contributed by atoms with Crippen molar-refractivity contribution in [1.29, 1.82) is 0 Å². The van der Waals surface area contributed by atoms with E-state index >= 15 is 0 Å². The average molecular weight is 413 g/mol. The Bertz CT molecular complexity index is 992. The van der Waals surface area contributed by atoms with Crippen LogP contribution in [0, 0.1) is 0 Å². The number of rotatable bonds is 6. The molecular weight excluding hydrogens is 388 g/mol. The van der Waals surface area contributed by atoms with Crippen molar-refractivity contribution in [1.82, 2.24) is 9.21 Å². The molecular formula is C22H24N2O4S. The molecule has 1 heterocycles. The van der Waals surface area contributed by atoms with Crippen LogP contribution in [0.25, 0.3) is 12.2 Å². The first-order chi connectivity index (χ1) is 14.0. The van der Waals surface area contributed by atoms with Crippen molar-refractivity contribution in [3.05, 3.63) is 77.2 Å². The zero-order valence-corrected chi connectivity index (χ0v) is 17.1. The van der Waals surface area contributed by atoms with Crippen molar-refractivity contribution in [3.63, 3.8) is 0 Å². The number of hydrogen-bond donors (Lipinski definition) is 0. The molecule has 0 unspecified atom stereocenters. The lowest BCUT2D eigenvalue weighted by molar-refractivity contribution is -0.127. The van der Waals surface area contributed by atoms with E-state index in [1.165, 1.54) is 15.8 Å². The third-order valence-corrected chi connectivity index (χ3v) is 6.22. The Morgan fingerprint density at radius 2 is 1.62 bits per heavy atom. The lowest BCUT2D eigenvalue weighted by Crippen LogP contribution is -2.49. The minimum atomic E-state index is -3.51. The van der Waals surface area contributed by atoms with E-state index in [4.69, 9.17) is 4.74 Å². The van der Waals surface area contributed by atoms with Gasteiger partial charge in [-0.2, -0.15) is 4.31 Å². The van der Waals surface area contributed by atoms with E-state index in [2.05, 4.69) is 0 Å². The van der Waals surface area contributed by atoms with Crippen molar-refractivity contribution < 1.29 is 17.9 Å². The first-order valence-electron chi connectivity index (χ1n) is 9.32. The van der Waals surface area contributed by atoms with Gasteiger partial charge in [-0.05, 0) is 35.4 Å². The Hall–Kier alpha value is -2.90. The number of carbonyl (C=O) groups is 1. The molecule has 7 heteroatoms. The molecule has 0 aromatic heterocycles. The Morgan fingerprint density at radius 1 is 0.931 bits per heavy atom. The number of benzene rings is 2. The fraction of sp³-hybridized carbons (Fsp3) is 0.227. The first-order valence-corrected chi connectivity index (χ1v) is 10.8. The van der Waals surface area contributed by atoms with Gasteiger partial charge >= 0.3 is 0 Å². The SMILES string of the molecule is COc1cccc(/C=C/C(=O)N2CCN(S(=O)(=O)/C=C/c3ccccc3)CC2)c1. The van der Waals surface area contributed by atoms with Gasteiger partial charge in [0.1, 0.15) is 5.75 Å². The number of hydrogen-bond acceptors (Lipinski definition) is 4. The number of sulfonamides is 1. The number of piperazine rings is 1. The van der Waals surface area contributed by atoms with Crippen LogP contribution in [0.15, 0.2) is 66.1 Å². The second-order valence-electron chi connectivity index (χ2n) is 6.59. The quantitative estimate of drug-likeness (QED) is 0.685. The molecule has 1 amide bonds. The smallest absolute Gasteiger partial charge is 0.246 e. The van der Waals surface area contributed by atoms with Gasteiger partial charge in [-0.25, -0.2) is 8.42 Å². The molecule has 29 heavy (non-hydrogen) atoms. The van der Waals surface area contributed by atoms with Crippen LogP contribution >= 0.6 is 0 Å². The van der Waals surface area contributed by atoms with Crippen LogP contribution < -0.4 is 4.74 Å². The molecule has 1 aliphatic heterocycles. The third-order valence-electron chi connectivity index (χ3n) is 4.65. The van der Waals surface area contributed by atoms with E-state index in [1.54, 1.807) is 24.2 Å². The Labute approximate surface area is 171 Å². The van der Waals surface area contributed by atoms with Gasteiger partial charge in [0.05, 0.1) is 7.11 Å². The van der Waals surface area contributed by atoms with Crippen LogP contribution in [-0.4, -0.2) is 56.8 Å². The van der Waals surface area contributed by atoms with Crippen molar-refractivity contribution in [2.45, 2.75) is 0 Å². The molecule has 0 radical (unpaired) electrons. The van der Waals surface area contributed by atoms with E-state index in [9.17, 15) is 13.2 Å². The molecule has 0 atom stereocenters. The van der Waals surface area contributed by atoms with E-state index < -0.39 is 10.0 Å². The maximum absolute atomic E-state index is 12.5. The van der Waals surface area contributed by atoms with Crippen molar-refractivity contribution >= 4 is 28.1 Å². The fourth-order valence-electron chi connectivity index (χ4n) is 3.00. The molecule has 0 saturated carbocycles. The lowest BCUT2D eigenvalue weighted by atomic mass is 10.2. The molecule has 1 saturated heterocycles. The molecule has 1 fully saturated rings. The topological polar surface area (TPSA) is 66.9 Å². The highest BCUT2D eigenvalue weighted by Gasteiger charge is 2.26. The van der Waals surface area contributed by atoms with Crippen LogP contribution in [0.2, 0.25) is 0 Å². The van der Waals surface area contributed by atoms with Gasteiger partial charge in [0.15, 0.2) is 0 Å². The second-order valence-corrected chi connectivity index (χ2v) is 8.41. The van der Waals surface area contributed by atoms with Crippen LogP contribution in [0.3, 0.4) is 0 Å². The zero-order chi connectivity index (χ0) is 20.7. The first kappa shape index (κ1) is 20.8. The summed E-state index contributed by atoms with van der Waals surface area (Å²) in [5, 5.41) is 1.22. The standard InChI is InChI=1S/C22H24N2O4S/c1-28-21-9-5-8-20(18-21)10-11-22(25)23-13-15-24(16-14-23)29(26,27)17-12-19-6-3-2-4-7-19/h2-12,17-18H,13-16H2,1H3/b11-10+,17-12+. The molecule has 0 aliphatic carbocycles. The summed E-state index contributed by atoms with van der Waals surface area (Å²) >= 11 is 0. The molecule has 0 bridgehead atoms. The Balaban J connectivity index is 1.56. The average Bonchev–Trinajstić information content (AvgIpc) is 2.77. The van der Waals surface area contributed by atoms with Gasteiger partial charge in [0.2, 0.25) is 15.9 Å². The molecule has 2 aromatic rings. The monoisotopic (exact) mass is 412 g/mol. The lowest BCUT2D eigenvalue weighted by Gasteiger charge is -2.32. The third kappa shape index (κ3) is 5.79. The van der Waals surface area contributed by atoms with Gasteiger partial charge in [-0.1, -0.05) is 42.5 Å². The highest BCUT2D eigenvalue weighted by molar-refractivity contribution is 7.92. The summed E-state index contributed by atoms with van der Waals surface area (Å²) in [6.45, 7) is 1.28. The van der Waals surface area contributed by atoms with Crippen LogP contribution in [0.5, 0.6) is 5.75 Å². The largest absolute Gasteiger partial charge is 0.497 e. The highest BCUT2D eigenvalue weighted by atomic mass is 32.2. The summed E-state index contributed by atoms with van der Waals surface area (Å²) in [6.07, 6.45) is 4.83. The Kier molecular flexibility index (Phi) is 6.85. The van der Waals surface area contributed by atoms with Crippen LogP contribution in [0.4, 0.5) is 0 Å². The molecule has 6 nitrogen and oxygen atoms in total. The predicted molar refractivity (Wildman–Crippen MR) is 115 cm³/mol. The number of carbonyl (C=O) groups excluding carboxylic acids is 1. The molecule has 2 aromatic carbocycles. The summed E-state index contributed by atoms with van der Waals surface area (Å²) in [6, 6.07) is 16.7. The molecule has 0 N–H and O–H groups in total. The summed E-state index contributed by atoms with van der Waals surface area (Å²) in [5.41, 5.74) is 1.69. The minimum absolute atomic E-state index is 0.135. The second kappa shape index (κ2) is 9.54. The van der Waals surface area contributed by atoms with Crippen LogP contribution in [-0.2, 0) is 14.8 Å². The van der Waals surface area contributed by atoms with Gasteiger partial charge in [0, 0.05) is 37.7 Å². The normalized spacial score (nSPS) is 15.8. The van der Waals surface area contributed by atoms with Gasteiger partial charge in [-0.15, -0.1) is 0 Å². The van der Waals surface area contributed by atoms with E-state index in [0.717, 1.165) is 16.9 Å². The molecule has 0 spiro atoms. The minimum Gasteiger partial charge on any atom is -0.497 e. The molecule has 3 rings (SSSR count). The van der Waals surface area contributed by atoms with Gasteiger partial charge in [0.25, 0.3) is 0 Å². The zero-order valence-electron chi connectivity index (χ0n) is 16.3. The predicted octanol–water partition coefficient (Wildman–Crippen LogP) is 2.85. The summed E-state index contributed by atoms with van der Waals surface area (Å²) in [5.74, 6) is 0.590. The van der Waals surface area contributed by atoms with Crippen LogP contribution in [0.1, 0.15) is 11.1 Å². The van der Waals surface area contributed by atoms with E-state index in [0.29, 0.717) is 13.1 Å². The van der Waals surface area contributed by atoms with Gasteiger partial charge in [-0.3, -0.25) is 4.79 Å². The van der Waals surface area contributed by atoms with E-state index in [-0.39, 0.29) is 19.0 Å². The maximum Gasteiger partial charge on any atom is 0.246 e. The van der Waals surface area contributed by atoms with Gasteiger partial charge < -0.3 is 9.64 Å². The summed E-state index contributed by atoms with van der Waals surface area (Å²) < 4.78 is 31.6. The number of nitrogens with zero attached hydrogens (tertiary/aromatic N) is 2. The highest BCUT2D eigenvalue weighted by Crippen LogP contribution is 2.15. The summed E-state index contributed by atoms with van der Waals surface area (Å²) in [4.78, 5) is 14.1. The van der Waals surface area contributed by atoms with Crippen molar-refractivity contribution in [2.24, 2.45) is 0 Å². The molecule has 1 aliphatic rings. The van der Waals surface area contributed by atoms with E-state index in [1.807, 2.05) is 54.6 Å². The number of ether oxygens (including phenoxy) is 1. The fourth-order valence-corrected chi connectivity index (χ4v) is 4.17. The number of amides is 1. The maximum atomic E-state index is 12.5. The van der Waals surface area contributed by atoms with Crippen molar-refractivity contribution in [2.75, 3.05) is 33.3 Å². The number of methoxy groups -OCH3 is 1.